The van der Waals surface area contributed by atoms with E-state index in [0.717, 1.165) is 42.4 Å². The second kappa shape index (κ2) is 10.9. The van der Waals surface area contributed by atoms with Gasteiger partial charge in [0.25, 0.3) is 0 Å². The van der Waals surface area contributed by atoms with E-state index in [2.05, 4.69) is 26.2 Å². The molecule has 1 amide bonds. The van der Waals surface area contributed by atoms with Crippen LogP contribution in [0.15, 0.2) is 36.9 Å². The number of fused-ring (bicyclic) bond motifs is 1. The van der Waals surface area contributed by atoms with E-state index in [1.807, 2.05) is 45.2 Å². The Bertz CT molecular complexity index is 1110. The van der Waals surface area contributed by atoms with E-state index in [1.54, 1.807) is 22.0 Å². The lowest BCUT2D eigenvalue weighted by Crippen LogP contribution is -2.38. The van der Waals surface area contributed by atoms with Crippen LogP contribution in [0, 0.1) is 0 Å². The Hall–Kier alpha value is -3.34. The van der Waals surface area contributed by atoms with Crippen molar-refractivity contribution in [1.29, 1.82) is 0 Å². The number of carbonyl (C=O) groups is 1. The van der Waals surface area contributed by atoms with E-state index in [0.29, 0.717) is 24.8 Å². The molecule has 0 fully saturated rings. The maximum Gasteiger partial charge on any atom is 0.410 e. The van der Waals surface area contributed by atoms with Gasteiger partial charge in [-0.15, -0.1) is 0 Å². The molecule has 2 aromatic heterocycles. The number of anilines is 1. The smallest absolute Gasteiger partial charge is 0.410 e. The zero-order valence-corrected chi connectivity index (χ0v) is 21.5. The average Bonchev–Trinajstić information content (AvgIpc) is 3.57. The summed E-state index contributed by atoms with van der Waals surface area (Å²) in [6.45, 7) is 10.5. The van der Waals surface area contributed by atoms with Crippen LogP contribution >= 0.6 is 11.5 Å². The van der Waals surface area contributed by atoms with Crippen LogP contribution in [0.4, 0.5) is 9.93 Å². The number of hydrogen-bond acceptors (Lipinski definition) is 9. The van der Waals surface area contributed by atoms with E-state index in [1.165, 1.54) is 11.5 Å². The predicted molar refractivity (Wildman–Crippen MR) is 133 cm³/mol. The van der Waals surface area contributed by atoms with Gasteiger partial charge < -0.3 is 24.0 Å². The number of nitrogens with zero attached hydrogens (tertiary/aromatic N) is 6. The molecule has 4 rings (SSSR count). The van der Waals surface area contributed by atoms with Gasteiger partial charge in [0.2, 0.25) is 17.9 Å². The second-order valence-corrected chi connectivity index (χ2v) is 10.0. The van der Waals surface area contributed by atoms with Crippen molar-refractivity contribution >= 4 is 22.8 Å². The standard InChI is InChI=1S/C24H32N6O4S/c1-5-10-28(22-26-21(27-35-22)30-13-9-25-16-30)11-6-12-29(23(31)34-24(2,3)4)15-18-7-8-19-20(14-18)33-17-32-19/h7-9,13-14,16H,5-6,10-12,15,17H2,1-4H3. The molecule has 0 N–H and O–H groups in total. The van der Waals surface area contributed by atoms with Crippen LogP contribution in [0.5, 0.6) is 11.5 Å². The van der Waals surface area contributed by atoms with Crippen molar-refractivity contribution in [2.45, 2.75) is 52.7 Å². The van der Waals surface area contributed by atoms with Gasteiger partial charge in [0.15, 0.2) is 11.5 Å². The molecule has 3 heterocycles. The molecule has 1 aromatic carbocycles. The third-order valence-electron chi connectivity index (χ3n) is 5.22. The molecule has 0 unspecified atom stereocenters. The van der Waals surface area contributed by atoms with Gasteiger partial charge >= 0.3 is 6.09 Å². The lowest BCUT2D eigenvalue weighted by Gasteiger charge is -2.28. The average molecular weight is 501 g/mol. The van der Waals surface area contributed by atoms with Gasteiger partial charge in [-0.05, 0) is 51.3 Å². The SMILES string of the molecule is CCCN(CCCN(Cc1ccc2c(c1)OCO2)C(=O)OC(C)(C)C)c1nc(-n2ccnc2)ns1. The predicted octanol–water partition coefficient (Wildman–Crippen LogP) is 4.50. The van der Waals surface area contributed by atoms with E-state index in [4.69, 9.17) is 14.2 Å². The molecule has 0 spiro atoms. The summed E-state index contributed by atoms with van der Waals surface area (Å²) in [5.41, 5.74) is 0.383. The number of ether oxygens (including phenoxy) is 3. The van der Waals surface area contributed by atoms with Gasteiger partial charge in [0.1, 0.15) is 11.9 Å². The molecule has 1 aliphatic rings. The summed E-state index contributed by atoms with van der Waals surface area (Å²) in [6, 6.07) is 5.75. The van der Waals surface area contributed by atoms with Gasteiger partial charge in [0, 0.05) is 50.1 Å². The second-order valence-electron chi connectivity index (χ2n) is 9.28. The molecule has 10 nitrogen and oxygen atoms in total. The highest BCUT2D eigenvalue weighted by Gasteiger charge is 2.24. The number of carbonyl (C=O) groups excluding carboxylic acids is 1. The zero-order valence-electron chi connectivity index (χ0n) is 20.6. The number of hydrogen-bond donors (Lipinski definition) is 0. The van der Waals surface area contributed by atoms with Gasteiger partial charge in [0.05, 0.1) is 0 Å². The minimum absolute atomic E-state index is 0.218. The molecule has 0 saturated carbocycles. The fourth-order valence-corrected chi connectivity index (χ4v) is 4.38. The topological polar surface area (TPSA) is 94.8 Å². The summed E-state index contributed by atoms with van der Waals surface area (Å²) >= 11 is 1.37. The van der Waals surface area contributed by atoms with Crippen molar-refractivity contribution < 1.29 is 19.0 Å². The monoisotopic (exact) mass is 500 g/mol. The van der Waals surface area contributed by atoms with Crippen molar-refractivity contribution in [3.63, 3.8) is 0 Å². The van der Waals surface area contributed by atoms with E-state index < -0.39 is 5.60 Å². The van der Waals surface area contributed by atoms with Gasteiger partial charge in [-0.1, -0.05) is 13.0 Å². The van der Waals surface area contributed by atoms with Crippen LogP contribution in [0.2, 0.25) is 0 Å². The lowest BCUT2D eigenvalue weighted by molar-refractivity contribution is 0.0232. The largest absolute Gasteiger partial charge is 0.454 e. The van der Waals surface area contributed by atoms with Gasteiger partial charge in [-0.3, -0.25) is 4.57 Å². The molecule has 35 heavy (non-hydrogen) atoms. The number of imidazole rings is 1. The van der Waals surface area contributed by atoms with Crippen LogP contribution in [0.25, 0.3) is 5.95 Å². The van der Waals surface area contributed by atoms with Crippen molar-refractivity contribution in [1.82, 2.24) is 23.8 Å². The van der Waals surface area contributed by atoms with Crippen LogP contribution in [-0.4, -0.2) is 61.9 Å². The molecule has 0 aliphatic carbocycles. The molecule has 0 bridgehead atoms. The Balaban J connectivity index is 1.42. The number of amides is 1. The molecule has 0 atom stereocenters. The first-order valence-corrected chi connectivity index (χ1v) is 12.5. The molecule has 3 aromatic rings. The van der Waals surface area contributed by atoms with Crippen molar-refractivity contribution in [2.75, 3.05) is 31.3 Å². The highest BCUT2D eigenvalue weighted by molar-refractivity contribution is 7.09. The van der Waals surface area contributed by atoms with Gasteiger partial charge in [-0.2, -0.15) is 9.36 Å². The Morgan fingerprint density at radius 1 is 1.20 bits per heavy atom. The zero-order chi connectivity index (χ0) is 24.8. The molecule has 0 saturated heterocycles. The van der Waals surface area contributed by atoms with E-state index >= 15 is 0 Å². The molecule has 188 valence electrons. The maximum absolute atomic E-state index is 13.0. The number of rotatable bonds is 10. The van der Waals surface area contributed by atoms with Crippen LogP contribution in [-0.2, 0) is 11.3 Å². The highest BCUT2D eigenvalue weighted by Crippen LogP contribution is 2.33. The Morgan fingerprint density at radius 2 is 2.03 bits per heavy atom. The molecule has 1 aliphatic heterocycles. The summed E-state index contributed by atoms with van der Waals surface area (Å²) in [5.74, 6) is 2.03. The van der Waals surface area contributed by atoms with E-state index in [9.17, 15) is 4.79 Å². The summed E-state index contributed by atoms with van der Waals surface area (Å²) < 4.78 is 22.8. The normalized spacial score (nSPS) is 12.6. The molecule has 11 heteroatoms. The van der Waals surface area contributed by atoms with Crippen molar-refractivity contribution in [3.8, 4) is 17.4 Å². The highest BCUT2D eigenvalue weighted by atomic mass is 32.1. The first kappa shape index (κ1) is 24.8. The fourth-order valence-electron chi connectivity index (χ4n) is 3.67. The Morgan fingerprint density at radius 3 is 2.77 bits per heavy atom. The maximum atomic E-state index is 13.0. The third kappa shape index (κ3) is 6.62. The first-order valence-electron chi connectivity index (χ1n) is 11.8. The molecular formula is C24H32N6O4S. The van der Waals surface area contributed by atoms with Crippen LogP contribution < -0.4 is 14.4 Å². The van der Waals surface area contributed by atoms with Crippen molar-refractivity contribution in [3.05, 3.63) is 42.5 Å². The number of aromatic nitrogens is 4. The Kier molecular flexibility index (Phi) is 7.74. The molecular weight excluding hydrogens is 468 g/mol. The van der Waals surface area contributed by atoms with Crippen LogP contribution in [0.1, 0.15) is 46.1 Å². The minimum atomic E-state index is -0.575. The van der Waals surface area contributed by atoms with E-state index in [-0.39, 0.29) is 12.9 Å². The fraction of sp³-hybridized carbons (Fsp3) is 0.500. The van der Waals surface area contributed by atoms with Crippen molar-refractivity contribution in [2.24, 2.45) is 0 Å². The quantitative estimate of drug-likeness (QED) is 0.402. The summed E-state index contributed by atoms with van der Waals surface area (Å²) in [4.78, 5) is 25.7. The first-order chi connectivity index (χ1) is 16.8. The summed E-state index contributed by atoms with van der Waals surface area (Å²) in [6.07, 6.45) is 6.61. The number of benzene rings is 1. The van der Waals surface area contributed by atoms with Gasteiger partial charge in [-0.25, -0.2) is 9.78 Å². The minimum Gasteiger partial charge on any atom is -0.454 e. The third-order valence-corrected chi connectivity index (χ3v) is 5.99. The molecule has 0 radical (unpaired) electrons. The summed E-state index contributed by atoms with van der Waals surface area (Å²) in [5, 5.41) is 0.857. The van der Waals surface area contributed by atoms with Crippen LogP contribution in [0.3, 0.4) is 0 Å². The Labute approximate surface area is 209 Å². The summed E-state index contributed by atoms with van der Waals surface area (Å²) in [7, 11) is 0. The lowest BCUT2D eigenvalue weighted by atomic mass is 10.2.